The molecule has 0 fully saturated rings. The van der Waals surface area contributed by atoms with Crippen LogP contribution in [0.5, 0.6) is 0 Å². The fourth-order valence-corrected chi connectivity index (χ4v) is 2.05. The van der Waals surface area contributed by atoms with Crippen molar-refractivity contribution in [2.45, 2.75) is 51.7 Å². The van der Waals surface area contributed by atoms with Crippen LogP contribution in [-0.4, -0.2) is 22.8 Å². The minimum atomic E-state index is -0.733. The fourth-order valence-electron chi connectivity index (χ4n) is 1.85. The average Bonchev–Trinajstić information content (AvgIpc) is 2.18. The van der Waals surface area contributed by atoms with Crippen LogP contribution in [0.1, 0.15) is 39.7 Å². The molecule has 0 aliphatic rings. The minimum Gasteiger partial charge on any atom is -0.390 e. The average molecular weight is 270 g/mol. The van der Waals surface area contributed by atoms with E-state index in [1.807, 2.05) is 31.2 Å². The van der Waals surface area contributed by atoms with Gasteiger partial charge in [0.1, 0.15) is 0 Å². The third-order valence-electron chi connectivity index (χ3n) is 2.85. The van der Waals surface area contributed by atoms with E-state index in [1.54, 1.807) is 0 Å². The standard InChI is InChI=1S/C15H24ClNO/c1-14(2,3)17-10-9-15(4,18)11-12-7-5-6-8-13(12)16/h5-8,17-18H,9-11H2,1-4H3. The maximum atomic E-state index is 10.4. The summed E-state index contributed by atoms with van der Waals surface area (Å²) in [5.41, 5.74) is 0.351. The first-order valence-electron chi connectivity index (χ1n) is 6.40. The van der Waals surface area contributed by atoms with Crippen LogP contribution in [0.2, 0.25) is 5.02 Å². The Hall–Kier alpha value is -0.570. The van der Waals surface area contributed by atoms with Crippen LogP contribution in [0.4, 0.5) is 0 Å². The van der Waals surface area contributed by atoms with E-state index in [2.05, 4.69) is 26.1 Å². The monoisotopic (exact) mass is 269 g/mol. The molecule has 3 heteroatoms. The first-order valence-corrected chi connectivity index (χ1v) is 6.78. The van der Waals surface area contributed by atoms with Gasteiger partial charge < -0.3 is 10.4 Å². The largest absolute Gasteiger partial charge is 0.390 e. The van der Waals surface area contributed by atoms with Gasteiger partial charge in [0, 0.05) is 17.0 Å². The topological polar surface area (TPSA) is 32.3 Å². The lowest BCUT2D eigenvalue weighted by molar-refractivity contribution is 0.0500. The first kappa shape index (κ1) is 15.5. The van der Waals surface area contributed by atoms with E-state index < -0.39 is 5.60 Å². The van der Waals surface area contributed by atoms with Crippen molar-refractivity contribution in [2.24, 2.45) is 0 Å². The molecule has 18 heavy (non-hydrogen) atoms. The van der Waals surface area contributed by atoms with Crippen molar-refractivity contribution < 1.29 is 5.11 Å². The summed E-state index contributed by atoms with van der Waals surface area (Å²) in [5.74, 6) is 0. The lowest BCUT2D eigenvalue weighted by Crippen LogP contribution is -2.40. The highest BCUT2D eigenvalue weighted by atomic mass is 35.5. The molecule has 1 aromatic carbocycles. The van der Waals surface area contributed by atoms with Crippen molar-refractivity contribution in [3.05, 3.63) is 34.9 Å². The molecule has 1 aromatic rings. The summed E-state index contributed by atoms with van der Waals surface area (Å²) in [6.07, 6.45) is 1.29. The van der Waals surface area contributed by atoms with Crippen LogP contribution < -0.4 is 5.32 Å². The lowest BCUT2D eigenvalue weighted by atomic mass is 9.93. The molecule has 102 valence electrons. The Morgan fingerprint density at radius 1 is 1.17 bits per heavy atom. The van der Waals surface area contributed by atoms with E-state index in [4.69, 9.17) is 11.6 Å². The lowest BCUT2D eigenvalue weighted by Gasteiger charge is -2.27. The molecule has 0 amide bonds. The molecule has 2 N–H and O–H groups in total. The molecule has 0 aromatic heterocycles. The maximum absolute atomic E-state index is 10.4. The molecular weight excluding hydrogens is 246 g/mol. The molecule has 1 atom stereocenters. The minimum absolute atomic E-state index is 0.0838. The summed E-state index contributed by atoms with van der Waals surface area (Å²) in [6, 6.07) is 7.68. The highest BCUT2D eigenvalue weighted by Gasteiger charge is 2.22. The first-order chi connectivity index (χ1) is 8.20. The van der Waals surface area contributed by atoms with Gasteiger partial charge in [-0.1, -0.05) is 29.8 Å². The van der Waals surface area contributed by atoms with Crippen molar-refractivity contribution in [1.82, 2.24) is 5.32 Å². The smallest absolute Gasteiger partial charge is 0.0672 e. The third-order valence-corrected chi connectivity index (χ3v) is 3.22. The SMILES string of the molecule is CC(O)(CCNC(C)(C)C)Cc1ccccc1Cl. The van der Waals surface area contributed by atoms with Gasteiger partial charge >= 0.3 is 0 Å². The molecule has 0 aliphatic heterocycles. The van der Waals surface area contributed by atoms with E-state index >= 15 is 0 Å². The molecule has 1 rings (SSSR count). The van der Waals surface area contributed by atoms with Crippen LogP contribution in [0, 0.1) is 0 Å². The molecule has 0 spiro atoms. The molecular formula is C15H24ClNO. The van der Waals surface area contributed by atoms with Crippen molar-refractivity contribution >= 4 is 11.6 Å². The quantitative estimate of drug-likeness (QED) is 0.859. The van der Waals surface area contributed by atoms with Gasteiger partial charge in [-0.3, -0.25) is 0 Å². The zero-order valence-electron chi connectivity index (χ0n) is 11.8. The van der Waals surface area contributed by atoms with Gasteiger partial charge in [-0.25, -0.2) is 0 Å². The third kappa shape index (κ3) is 5.85. The normalized spacial score (nSPS) is 15.4. The van der Waals surface area contributed by atoms with E-state index in [0.717, 1.165) is 17.1 Å². The van der Waals surface area contributed by atoms with Crippen LogP contribution in [0.3, 0.4) is 0 Å². The van der Waals surface area contributed by atoms with Gasteiger partial charge in [-0.2, -0.15) is 0 Å². The summed E-state index contributed by atoms with van der Waals surface area (Å²) in [6.45, 7) is 9.02. The van der Waals surface area contributed by atoms with Gasteiger partial charge in [-0.15, -0.1) is 0 Å². The molecule has 2 nitrogen and oxygen atoms in total. The van der Waals surface area contributed by atoms with Crippen molar-refractivity contribution in [3.8, 4) is 0 Å². The van der Waals surface area contributed by atoms with Crippen LogP contribution in [-0.2, 0) is 6.42 Å². The number of benzene rings is 1. The Morgan fingerprint density at radius 2 is 1.78 bits per heavy atom. The predicted molar refractivity (Wildman–Crippen MR) is 78.2 cm³/mol. The summed E-state index contributed by atoms with van der Waals surface area (Å²) in [7, 11) is 0. The van der Waals surface area contributed by atoms with Crippen LogP contribution >= 0.6 is 11.6 Å². The second kappa shape index (κ2) is 6.05. The number of nitrogens with one attached hydrogen (secondary N) is 1. The Kier molecular flexibility index (Phi) is 5.20. The van der Waals surface area contributed by atoms with Gasteiger partial charge in [-0.05, 0) is 52.3 Å². The molecule has 0 heterocycles. The summed E-state index contributed by atoms with van der Waals surface area (Å²) in [5, 5.41) is 14.5. The maximum Gasteiger partial charge on any atom is 0.0672 e. The van der Waals surface area contributed by atoms with E-state index in [-0.39, 0.29) is 5.54 Å². The predicted octanol–water partition coefficient (Wildman–Crippen LogP) is 3.41. The molecule has 0 saturated heterocycles. The molecule has 0 aliphatic carbocycles. The van der Waals surface area contributed by atoms with Crippen molar-refractivity contribution in [2.75, 3.05) is 6.54 Å². The van der Waals surface area contributed by atoms with E-state index in [1.165, 1.54) is 0 Å². The highest BCUT2D eigenvalue weighted by Crippen LogP contribution is 2.22. The molecule has 0 radical (unpaired) electrons. The number of aliphatic hydroxyl groups is 1. The van der Waals surface area contributed by atoms with Crippen molar-refractivity contribution in [3.63, 3.8) is 0 Å². The summed E-state index contributed by atoms with van der Waals surface area (Å²) >= 11 is 6.11. The zero-order chi connectivity index (χ0) is 13.8. The van der Waals surface area contributed by atoms with Gasteiger partial charge in [0.05, 0.1) is 5.60 Å². The second-order valence-corrected chi connectivity index (χ2v) is 6.60. The fraction of sp³-hybridized carbons (Fsp3) is 0.600. The summed E-state index contributed by atoms with van der Waals surface area (Å²) < 4.78 is 0. The van der Waals surface area contributed by atoms with Gasteiger partial charge in [0.15, 0.2) is 0 Å². The zero-order valence-corrected chi connectivity index (χ0v) is 12.5. The number of halogens is 1. The molecule has 0 bridgehead atoms. The number of hydrogen-bond donors (Lipinski definition) is 2. The van der Waals surface area contributed by atoms with E-state index in [9.17, 15) is 5.11 Å². The Morgan fingerprint density at radius 3 is 2.33 bits per heavy atom. The van der Waals surface area contributed by atoms with E-state index in [0.29, 0.717) is 12.8 Å². The Balaban J connectivity index is 2.52. The molecule has 1 unspecified atom stereocenters. The number of rotatable bonds is 5. The van der Waals surface area contributed by atoms with Gasteiger partial charge in [0.2, 0.25) is 0 Å². The Labute approximate surface area is 115 Å². The Bertz CT molecular complexity index is 382. The van der Waals surface area contributed by atoms with Gasteiger partial charge in [0.25, 0.3) is 0 Å². The molecule has 0 saturated carbocycles. The van der Waals surface area contributed by atoms with Crippen LogP contribution in [0.25, 0.3) is 0 Å². The second-order valence-electron chi connectivity index (χ2n) is 6.19. The van der Waals surface area contributed by atoms with Crippen LogP contribution in [0.15, 0.2) is 24.3 Å². The number of hydrogen-bond acceptors (Lipinski definition) is 2. The van der Waals surface area contributed by atoms with Crippen molar-refractivity contribution in [1.29, 1.82) is 0 Å². The summed E-state index contributed by atoms with van der Waals surface area (Å²) in [4.78, 5) is 0. The highest BCUT2D eigenvalue weighted by molar-refractivity contribution is 6.31.